The van der Waals surface area contributed by atoms with E-state index in [-0.39, 0.29) is 6.04 Å². The predicted molar refractivity (Wildman–Crippen MR) is 82.9 cm³/mol. The van der Waals surface area contributed by atoms with E-state index in [1.54, 1.807) is 0 Å². The first-order valence-corrected chi connectivity index (χ1v) is 7.59. The molecule has 0 aliphatic heterocycles. The van der Waals surface area contributed by atoms with E-state index in [1.807, 2.05) is 12.3 Å². The highest BCUT2D eigenvalue weighted by Gasteiger charge is 2.27. The van der Waals surface area contributed by atoms with Crippen molar-refractivity contribution in [3.8, 4) is 0 Å². The van der Waals surface area contributed by atoms with Gasteiger partial charge in [-0.25, -0.2) is 0 Å². The first-order valence-electron chi connectivity index (χ1n) is 7.59. The topological polar surface area (TPSA) is 50.9 Å². The summed E-state index contributed by atoms with van der Waals surface area (Å²) in [6, 6.07) is 10.7. The summed E-state index contributed by atoms with van der Waals surface area (Å²) in [7, 11) is 0. The third-order valence-electron chi connectivity index (χ3n) is 4.71. The van der Waals surface area contributed by atoms with Gasteiger partial charge in [0, 0.05) is 11.6 Å². The molecule has 3 heteroatoms. The van der Waals surface area contributed by atoms with Crippen molar-refractivity contribution in [1.29, 1.82) is 0 Å². The third kappa shape index (κ3) is 2.56. The molecule has 1 unspecified atom stereocenters. The van der Waals surface area contributed by atoms with E-state index in [1.165, 1.54) is 36.6 Å². The molecule has 1 aromatic heterocycles. The van der Waals surface area contributed by atoms with E-state index in [2.05, 4.69) is 41.6 Å². The molecule has 0 saturated heterocycles. The van der Waals surface area contributed by atoms with Crippen molar-refractivity contribution in [2.24, 2.45) is 17.7 Å². The Morgan fingerprint density at radius 2 is 1.90 bits per heavy atom. The van der Waals surface area contributed by atoms with Gasteiger partial charge < -0.3 is 0 Å². The number of hydrazine groups is 1. The Balaban J connectivity index is 1.95. The molecule has 0 radical (unpaired) electrons. The van der Waals surface area contributed by atoms with Gasteiger partial charge in [0.25, 0.3) is 0 Å². The van der Waals surface area contributed by atoms with Gasteiger partial charge in [-0.15, -0.1) is 0 Å². The van der Waals surface area contributed by atoms with Crippen molar-refractivity contribution in [3.05, 3.63) is 42.1 Å². The molecule has 3 N–H and O–H groups in total. The number of fused-ring (bicyclic) bond motifs is 1. The molecule has 20 heavy (non-hydrogen) atoms. The van der Waals surface area contributed by atoms with Crippen LogP contribution < -0.4 is 11.3 Å². The number of aromatic nitrogens is 1. The lowest BCUT2D eigenvalue weighted by atomic mass is 9.77. The van der Waals surface area contributed by atoms with Crippen LogP contribution in [0.1, 0.15) is 44.2 Å². The van der Waals surface area contributed by atoms with Gasteiger partial charge in [0.2, 0.25) is 0 Å². The Hall–Kier alpha value is -1.45. The maximum atomic E-state index is 5.88. The van der Waals surface area contributed by atoms with Gasteiger partial charge in [-0.05, 0) is 36.3 Å². The highest BCUT2D eigenvalue weighted by molar-refractivity contribution is 5.82. The Morgan fingerprint density at radius 1 is 1.15 bits per heavy atom. The van der Waals surface area contributed by atoms with Crippen LogP contribution in [0.4, 0.5) is 0 Å². The SMILES string of the molecule is CC1CCC(C(NN)c2cccc3cccnc23)CC1. The summed E-state index contributed by atoms with van der Waals surface area (Å²) in [5, 5.41) is 1.19. The molecule has 0 amide bonds. The number of nitrogens with zero attached hydrogens (tertiary/aromatic N) is 1. The normalized spacial score (nSPS) is 24.7. The summed E-state index contributed by atoms with van der Waals surface area (Å²) in [4.78, 5) is 4.56. The van der Waals surface area contributed by atoms with Crippen molar-refractivity contribution >= 4 is 10.9 Å². The van der Waals surface area contributed by atoms with Gasteiger partial charge in [0.15, 0.2) is 0 Å². The van der Waals surface area contributed by atoms with Gasteiger partial charge in [-0.2, -0.15) is 0 Å². The maximum Gasteiger partial charge on any atom is 0.0750 e. The minimum absolute atomic E-state index is 0.209. The van der Waals surface area contributed by atoms with Gasteiger partial charge in [0.1, 0.15) is 0 Å². The lowest BCUT2D eigenvalue weighted by molar-refractivity contribution is 0.233. The standard InChI is InChI=1S/C17H23N3/c1-12-7-9-14(10-8-12)17(20-18)15-6-2-4-13-5-3-11-19-16(13)15/h2-6,11-12,14,17,20H,7-10,18H2,1H3. The monoisotopic (exact) mass is 269 g/mol. The maximum absolute atomic E-state index is 5.88. The zero-order valence-electron chi connectivity index (χ0n) is 12.0. The summed E-state index contributed by atoms with van der Waals surface area (Å²) in [5.41, 5.74) is 5.38. The van der Waals surface area contributed by atoms with Crippen LogP contribution in [0.5, 0.6) is 0 Å². The lowest BCUT2D eigenvalue weighted by Crippen LogP contribution is -2.35. The van der Waals surface area contributed by atoms with Crippen molar-refractivity contribution in [1.82, 2.24) is 10.4 Å². The van der Waals surface area contributed by atoms with E-state index < -0.39 is 0 Å². The summed E-state index contributed by atoms with van der Waals surface area (Å²) < 4.78 is 0. The fourth-order valence-corrected chi connectivity index (χ4v) is 3.48. The highest BCUT2D eigenvalue weighted by atomic mass is 15.2. The summed E-state index contributed by atoms with van der Waals surface area (Å²) in [6.45, 7) is 2.35. The van der Waals surface area contributed by atoms with Crippen LogP contribution in [-0.2, 0) is 0 Å². The van der Waals surface area contributed by atoms with E-state index in [9.17, 15) is 0 Å². The molecular formula is C17H23N3. The molecule has 3 nitrogen and oxygen atoms in total. The number of benzene rings is 1. The first kappa shape index (κ1) is 13.5. The number of para-hydroxylation sites is 1. The van der Waals surface area contributed by atoms with Crippen molar-refractivity contribution < 1.29 is 0 Å². The molecule has 106 valence electrons. The summed E-state index contributed by atoms with van der Waals surface area (Å²) >= 11 is 0. The van der Waals surface area contributed by atoms with E-state index in [0.717, 1.165) is 11.4 Å². The molecule has 1 heterocycles. The van der Waals surface area contributed by atoms with Crippen LogP contribution >= 0.6 is 0 Å². The fourth-order valence-electron chi connectivity index (χ4n) is 3.48. The van der Waals surface area contributed by atoms with Crippen LogP contribution in [0.3, 0.4) is 0 Å². The summed E-state index contributed by atoms with van der Waals surface area (Å²) in [5.74, 6) is 7.35. The Bertz CT molecular complexity index is 568. The zero-order chi connectivity index (χ0) is 13.9. The second-order valence-corrected chi connectivity index (χ2v) is 6.09. The lowest BCUT2D eigenvalue weighted by Gasteiger charge is -2.33. The zero-order valence-corrected chi connectivity index (χ0v) is 12.0. The summed E-state index contributed by atoms with van der Waals surface area (Å²) in [6.07, 6.45) is 6.98. The van der Waals surface area contributed by atoms with E-state index in [0.29, 0.717) is 5.92 Å². The Morgan fingerprint density at radius 3 is 2.65 bits per heavy atom. The van der Waals surface area contributed by atoms with Gasteiger partial charge in [0.05, 0.1) is 11.6 Å². The molecule has 1 saturated carbocycles. The average molecular weight is 269 g/mol. The molecule has 2 aromatic rings. The second-order valence-electron chi connectivity index (χ2n) is 6.09. The molecular weight excluding hydrogens is 246 g/mol. The molecule has 1 fully saturated rings. The smallest absolute Gasteiger partial charge is 0.0750 e. The molecule has 0 bridgehead atoms. The molecule has 3 rings (SSSR count). The van der Waals surface area contributed by atoms with Gasteiger partial charge in [-0.3, -0.25) is 16.3 Å². The van der Waals surface area contributed by atoms with Gasteiger partial charge >= 0.3 is 0 Å². The van der Waals surface area contributed by atoms with Crippen LogP contribution in [0.15, 0.2) is 36.5 Å². The van der Waals surface area contributed by atoms with E-state index in [4.69, 9.17) is 5.84 Å². The number of hydrogen-bond acceptors (Lipinski definition) is 3. The number of hydrogen-bond donors (Lipinski definition) is 2. The number of pyridine rings is 1. The minimum Gasteiger partial charge on any atom is -0.271 e. The first-order chi connectivity index (χ1) is 9.79. The van der Waals surface area contributed by atoms with Crippen molar-refractivity contribution in [2.75, 3.05) is 0 Å². The predicted octanol–water partition coefficient (Wildman–Crippen LogP) is 3.57. The van der Waals surface area contributed by atoms with Crippen molar-refractivity contribution in [3.63, 3.8) is 0 Å². The molecule has 1 atom stereocenters. The average Bonchev–Trinajstić information content (AvgIpc) is 2.50. The number of rotatable bonds is 3. The highest BCUT2D eigenvalue weighted by Crippen LogP contribution is 2.37. The Labute approximate surface area is 120 Å². The number of nitrogens with one attached hydrogen (secondary N) is 1. The molecule has 1 aliphatic carbocycles. The molecule has 1 aromatic carbocycles. The van der Waals surface area contributed by atoms with Gasteiger partial charge in [-0.1, -0.05) is 44.0 Å². The molecule has 1 aliphatic rings. The molecule has 0 spiro atoms. The van der Waals surface area contributed by atoms with Crippen molar-refractivity contribution in [2.45, 2.75) is 38.6 Å². The third-order valence-corrected chi connectivity index (χ3v) is 4.71. The largest absolute Gasteiger partial charge is 0.271 e. The van der Waals surface area contributed by atoms with E-state index >= 15 is 0 Å². The Kier molecular flexibility index (Phi) is 3.99. The number of nitrogens with two attached hydrogens (primary N) is 1. The van der Waals surface area contributed by atoms with Crippen LogP contribution in [0.2, 0.25) is 0 Å². The fraction of sp³-hybridized carbons (Fsp3) is 0.471. The quantitative estimate of drug-likeness (QED) is 0.661. The second kappa shape index (κ2) is 5.90. The van der Waals surface area contributed by atoms with Crippen LogP contribution in [0.25, 0.3) is 10.9 Å². The van der Waals surface area contributed by atoms with Crippen LogP contribution in [-0.4, -0.2) is 4.98 Å². The minimum atomic E-state index is 0.209. The van der Waals surface area contributed by atoms with Crippen LogP contribution in [0, 0.1) is 11.8 Å².